The van der Waals surface area contributed by atoms with Crippen molar-refractivity contribution in [2.45, 2.75) is 53.0 Å². The summed E-state index contributed by atoms with van der Waals surface area (Å²) in [5, 5.41) is 0. The van der Waals surface area contributed by atoms with Gasteiger partial charge in [0.1, 0.15) is 23.3 Å². The van der Waals surface area contributed by atoms with Crippen molar-refractivity contribution in [1.82, 2.24) is 0 Å². The van der Waals surface area contributed by atoms with Crippen LogP contribution in [0.25, 0.3) is 0 Å². The molecule has 2 atom stereocenters. The minimum atomic E-state index is -0.590. The summed E-state index contributed by atoms with van der Waals surface area (Å²) in [4.78, 5) is 11.5. The SMILES string of the molecule is CCOc1cc(OCC)c(CCC(C)CC(N)C(=O)OC)c(OCC)c1. The Labute approximate surface area is 156 Å². The molecule has 1 aromatic rings. The molecule has 26 heavy (non-hydrogen) atoms. The van der Waals surface area contributed by atoms with E-state index in [0.29, 0.717) is 26.2 Å². The van der Waals surface area contributed by atoms with E-state index in [-0.39, 0.29) is 11.9 Å². The number of methoxy groups -OCH3 is 1. The maximum atomic E-state index is 11.5. The number of esters is 1. The van der Waals surface area contributed by atoms with Gasteiger partial charge >= 0.3 is 5.97 Å². The van der Waals surface area contributed by atoms with Crippen LogP contribution in [-0.2, 0) is 16.0 Å². The fourth-order valence-corrected chi connectivity index (χ4v) is 2.85. The molecule has 0 heterocycles. The third-order valence-corrected chi connectivity index (χ3v) is 4.10. The highest BCUT2D eigenvalue weighted by atomic mass is 16.5. The van der Waals surface area contributed by atoms with Crippen LogP contribution in [0.4, 0.5) is 0 Å². The monoisotopic (exact) mass is 367 g/mol. The lowest BCUT2D eigenvalue weighted by Crippen LogP contribution is -2.33. The Morgan fingerprint density at radius 1 is 1.04 bits per heavy atom. The maximum absolute atomic E-state index is 11.5. The molecule has 148 valence electrons. The molecule has 0 aromatic heterocycles. The Kier molecular flexibility index (Phi) is 9.88. The normalized spacial score (nSPS) is 13.0. The Morgan fingerprint density at radius 3 is 2.04 bits per heavy atom. The van der Waals surface area contributed by atoms with Crippen molar-refractivity contribution in [1.29, 1.82) is 0 Å². The highest BCUT2D eigenvalue weighted by Crippen LogP contribution is 2.36. The molecule has 6 heteroatoms. The first kappa shape index (κ1) is 22.1. The fourth-order valence-electron chi connectivity index (χ4n) is 2.85. The van der Waals surface area contributed by atoms with E-state index in [2.05, 4.69) is 6.92 Å². The number of benzene rings is 1. The van der Waals surface area contributed by atoms with Gasteiger partial charge in [0.25, 0.3) is 0 Å². The number of rotatable bonds is 12. The minimum Gasteiger partial charge on any atom is -0.494 e. The van der Waals surface area contributed by atoms with Crippen LogP contribution in [0.1, 0.15) is 46.1 Å². The van der Waals surface area contributed by atoms with Crippen LogP contribution in [0.2, 0.25) is 0 Å². The second-order valence-corrected chi connectivity index (χ2v) is 6.21. The van der Waals surface area contributed by atoms with E-state index in [1.54, 1.807) is 0 Å². The number of nitrogens with two attached hydrogens (primary N) is 1. The van der Waals surface area contributed by atoms with E-state index in [9.17, 15) is 4.79 Å². The predicted octanol–water partition coefficient (Wildman–Crippen LogP) is 3.34. The number of carbonyl (C=O) groups excluding carboxylic acids is 1. The van der Waals surface area contributed by atoms with Crippen molar-refractivity contribution in [2.75, 3.05) is 26.9 Å². The van der Waals surface area contributed by atoms with Crippen molar-refractivity contribution in [3.05, 3.63) is 17.7 Å². The summed E-state index contributed by atoms with van der Waals surface area (Å²) in [6.45, 7) is 9.65. The Hall–Kier alpha value is -1.95. The first-order chi connectivity index (χ1) is 12.5. The summed E-state index contributed by atoms with van der Waals surface area (Å²) >= 11 is 0. The zero-order valence-electron chi connectivity index (χ0n) is 16.7. The van der Waals surface area contributed by atoms with Crippen LogP contribution in [0, 0.1) is 5.92 Å². The Bertz CT molecular complexity index is 534. The molecular formula is C20H33NO5. The highest BCUT2D eigenvalue weighted by Gasteiger charge is 2.19. The van der Waals surface area contributed by atoms with Gasteiger partial charge in [-0.15, -0.1) is 0 Å². The first-order valence-corrected chi connectivity index (χ1v) is 9.35. The molecule has 0 bridgehead atoms. The van der Waals surface area contributed by atoms with Gasteiger partial charge in [-0.3, -0.25) is 4.79 Å². The van der Waals surface area contributed by atoms with E-state index in [1.165, 1.54) is 7.11 Å². The molecule has 2 unspecified atom stereocenters. The molecule has 6 nitrogen and oxygen atoms in total. The van der Waals surface area contributed by atoms with Crippen LogP contribution >= 0.6 is 0 Å². The van der Waals surface area contributed by atoms with Gasteiger partial charge < -0.3 is 24.7 Å². The van der Waals surface area contributed by atoms with Crippen molar-refractivity contribution in [3.63, 3.8) is 0 Å². The van der Waals surface area contributed by atoms with Gasteiger partial charge in [-0.2, -0.15) is 0 Å². The highest BCUT2D eigenvalue weighted by molar-refractivity contribution is 5.75. The Morgan fingerprint density at radius 2 is 1.58 bits per heavy atom. The van der Waals surface area contributed by atoms with Gasteiger partial charge in [-0.25, -0.2) is 0 Å². The molecule has 0 aliphatic rings. The molecule has 0 radical (unpaired) electrons. The molecule has 0 amide bonds. The van der Waals surface area contributed by atoms with Crippen LogP contribution in [0.3, 0.4) is 0 Å². The fraction of sp³-hybridized carbons (Fsp3) is 0.650. The van der Waals surface area contributed by atoms with Gasteiger partial charge in [-0.05, 0) is 46.0 Å². The first-order valence-electron chi connectivity index (χ1n) is 9.35. The van der Waals surface area contributed by atoms with Crippen LogP contribution in [0.15, 0.2) is 12.1 Å². The summed E-state index contributed by atoms with van der Waals surface area (Å²) in [6.07, 6.45) is 2.21. The minimum absolute atomic E-state index is 0.264. The van der Waals surface area contributed by atoms with E-state index in [4.69, 9.17) is 24.7 Å². The molecule has 1 aromatic carbocycles. The molecule has 1 rings (SSSR count). The zero-order valence-corrected chi connectivity index (χ0v) is 16.7. The van der Waals surface area contributed by atoms with Crippen LogP contribution < -0.4 is 19.9 Å². The van der Waals surface area contributed by atoms with Crippen molar-refractivity contribution in [2.24, 2.45) is 11.7 Å². The van der Waals surface area contributed by atoms with E-state index >= 15 is 0 Å². The predicted molar refractivity (Wildman–Crippen MR) is 102 cm³/mol. The van der Waals surface area contributed by atoms with Gasteiger partial charge in [0.05, 0.1) is 26.9 Å². The second-order valence-electron chi connectivity index (χ2n) is 6.21. The lowest BCUT2D eigenvalue weighted by Gasteiger charge is -2.20. The summed E-state index contributed by atoms with van der Waals surface area (Å²) in [5.41, 5.74) is 6.89. The van der Waals surface area contributed by atoms with Crippen molar-refractivity contribution >= 4 is 5.97 Å². The summed E-state index contributed by atoms with van der Waals surface area (Å²) in [6, 6.07) is 3.24. The second kappa shape index (κ2) is 11.6. The van der Waals surface area contributed by atoms with Gasteiger partial charge in [0.15, 0.2) is 0 Å². The number of hydrogen-bond acceptors (Lipinski definition) is 6. The lowest BCUT2D eigenvalue weighted by molar-refractivity contribution is -0.142. The van der Waals surface area contributed by atoms with Crippen LogP contribution in [-0.4, -0.2) is 38.9 Å². The average Bonchev–Trinajstić information content (AvgIpc) is 2.61. The standard InChI is InChI=1S/C20H33NO5/c1-6-24-15-12-18(25-7-2)16(19(13-15)26-8-3)10-9-14(4)11-17(21)20(22)23-5/h12-14,17H,6-11,21H2,1-5H3. The topological polar surface area (TPSA) is 80.0 Å². The quantitative estimate of drug-likeness (QED) is 0.571. The average molecular weight is 367 g/mol. The number of hydrogen-bond donors (Lipinski definition) is 1. The molecule has 0 aliphatic heterocycles. The number of carbonyl (C=O) groups is 1. The summed E-state index contributed by atoms with van der Waals surface area (Å²) in [5.74, 6) is 2.20. The van der Waals surface area contributed by atoms with Crippen molar-refractivity contribution < 1.29 is 23.7 Å². The van der Waals surface area contributed by atoms with Gasteiger partial charge in [-0.1, -0.05) is 6.92 Å². The lowest BCUT2D eigenvalue weighted by atomic mass is 9.94. The van der Waals surface area contributed by atoms with Gasteiger partial charge in [0, 0.05) is 17.7 Å². The zero-order chi connectivity index (χ0) is 19.5. The van der Waals surface area contributed by atoms with Gasteiger partial charge in [0.2, 0.25) is 0 Å². The molecule has 0 spiro atoms. The Balaban J connectivity index is 2.92. The molecule has 2 N–H and O–H groups in total. The third-order valence-electron chi connectivity index (χ3n) is 4.10. The van der Waals surface area contributed by atoms with E-state index in [1.807, 2.05) is 32.9 Å². The summed E-state index contributed by atoms with van der Waals surface area (Å²) in [7, 11) is 1.36. The van der Waals surface area contributed by atoms with Crippen LogP contribution in [0.5, 0.6) is 17.2 Å². The third kappa shape index (κ3) is 6.75. The maximum Gasteiger partial charge on any atom is 0.322 e. The molecule has 0 aliphatic carbocycles. The molecule has 0 saturated carbocycles. The molecule has 0 saturated heterocycles. The van der Waals surface area contributed by atoms with Crippen molar-refractivity contribution in [3.8, 4) is 17.2 Å². The molecular weight excluding hydrogens is 334 g/mol. The largest absolute Gasteiger partial charge is 0.494 e. The number of ether oxygens (including phenoxy) is 4. The smallest absolute Gasteiger partial charge is 0.322 e. The summed E-state index contributed by atoms with van der Waals surface area (Å²) < 4.78 is 22.0. The van der Waals surface area contributed by atoms with E-state index in [0.717, 1.165) is 35.7 Å². The molecule has 0 fully saturated rings. The van der Waals surface area contributed by atoms with E-state index < -0.39 is 6.04 Å².